The molecule has 11 aromatic carbocycles. The fourth-order valence-corrected chi connectivity index (χ4v) is 16.2. The molecule has 0 nitrogen and oxygen atoms in total. The molecule has 0 unspecified atom stereocenters. The van der Waals surface area contributed by atoms with Gasteiger partial charge in [-0.1, -0.05) is 204 Å². The zero-order valence-corrected chi connectivity index (χ0v) is 45.9. The van der Waals surface area contributed by atoms with Gasteiger partial charge in [-0.25, -0.2) is 0 Å². The van der Waals surface area contributed by atoms with Gasteiger partial charge in [0.2, 0.25) is 0 Å². The molecule has 4 heteroatoms. The van der Waals surface area contributed by atoms with Crippen LogP contribution in [0.3, 0.4) is 0 Å². The largest absolute Gasteiger partial charge is 1.00 e. The summed E-state index contributed by atoms with van der Waals surface area (Å²) in [7, 11) is -2.45. The third-order valence-corrected chi connectivity index (χ3v) is 19.5. The van der Waals surface area contributed by atoms with Gasteiger partial charge in [-0.05, 0) is 120 Å². The molecule has 0 saturated carbocycles. The van der Waals surface area contributed by atoms with Gasteiger partial charge in [0, 0.05) is 0 Å². The maximum atomic E-state index is 7.46. The first kappa shape index (κ1) is 51.8. The summed E-state index contributed by atoms with van der Waals surface area (Å²) >= 11 is 0. The van der Waals surface area contributed by atoms with Gasteiger partial charge >= 0.3 is 44.8 Å². The molecule has 11 rings (SSSR count). The second-order valence-corrected chi connectivity index (χ2v) is 21.9. The van der Waals surface area contributed by atoms with Crippen LogP contribution in [-0.4, -0.2) is 0 Å². The van der Waals surface area contributed by atoms with Crippen LogP contribution in [0.2, 0.25) is 0 Å². The topological polar surface area (TPSA) is 0 Å². The first-order valence-corrected chi connectivity index (χ1v) is 26.1. The summed E-state index contributed by atoms with van der Waals surface area (Å²) < 4.78 is 0. The summed E-state index contributed by atoms with van der Waals surface area (Å²) in [4.78, 5) is 0. The van der Waals surface area contributed by atoms with Gasteiger partial charge in [-0.3, -0.25) is 11.8 Å². The first-order valence-electron chi connectivity index (χ1n) is 23.1. The Kier molecular flexibility index (Phi) is 17.9. The number of benzene rings is 11. The van der Waals surface area contributed by atoms with Gasteiger partial charge in [0.25, 0.3) is 0 Å². The number of hydrogen-bond acceptors (Lipinski definition) is 0. The van der Waals surface area contributed by atoms with Crippen molar-refractivity contribution < 1.29 is 44.8 Å². The Hall–Kier alpha value is -6.08. The van der Waals surface area contributed by atoms with Gasteiger partial charge in [-0.2, -0.15) is 0 Å². The molecule has 0 saturated heterocycles. The van der Waals surface area contributed by atoms with E-state index in [1.165, 1.54) is 54.1 Å². The fraction of sp³-hybridized carbons (Fsp3) is 0.0606. The van der Waals surface area contributed by atoms with Crippen LogP contribution < -0.4 is 31.8 Å². The Bertz CT molecular complexity index is 3250. The molecule has 70 heavy (non-hydrogen) atoms. The molecule has 11 aromatic rings. The quantitative estimate of drug-likeness (QED) is 0.0512. The van der Waals surface area contributed by atoms with E-state index >= 15 is 0 Å². The summed E-state index contributed by atoms with van der Waals surface area (Å²) in [5.41, 5.74) is 7.28. The van der Waals surface area contributed by atoms with Gasteiger partial charge in [-0.15, -0.1) is 11.1 Å². The zero-order chi connectivity index (χ0) is 47.0. The van der Waals surface area contributed by atoms with Crippen LogP contribution in [0.4, 0.5) is 0 Å². The van der Waals surface area contributed by atoms with E-state index in [4.69, 9.17) is 12.8 Å². The minimum atomic E-state index is -1.23. The number of fused-ring (bicyclic) bond motifs is 4. The van der Waals surface area contributed by atoms with Crippen molar-refractivity contribution in [2.45, 2.75) is 27.7 Å². The first-order chi connectivity index (χ1) is 33.4. The van der Waals surface area contributed by atoms with Crippen molar-refractivity contribution in [2.75, 3.05) is 0 Å². The molecule has 0 atom stereocenters. The van der Waals surface area contributed by atoms with Crippen LogP contribution in [0.15, 0.2) is 231 Å². The molecule has 0 aromatic heterocycles. The standard InChI is InChI=1S/C34H32P2.2C16H9.2Au/c1-25-15-5-9-19-29(25)35(30-20-10-6-16-26(30)2)33-23-13-14-24-34(33)36(31-21-11-7-17-27(31)3)32-22-12-8-18-28(32)4;2*1-2-14-15-9-5-3-7-12(15)11-13-8-4-6-10-16(13)14;;/h5-24H,1-4H3;2*3-11H;;/q;2*-1;2*+1/p+2. The van der Waals surface area contributed by atoms with Crippen LogP contribution in [0.5, 0.6) is 0 Å². The Morgan fingerprint density at radius 2 is 0.471 bits per heavy atom. The van der Waals surface area contributed by atoms with Crippen LogP contribution in [0, 0.1) is 52.4 Å². The van der Waals surface area contributed by atoms with E-state index in [-0.39, 0.29) is 44.8 Å². The normalized spacial score (nSPS) is 10.6. The predicted octanol–water partition coefficient (Wildman–Crippen LogP) is 13.8. The second kappa shape index (κ2) is 24.2. The zero-order valence-electron chi connectivity index (χ0n) is 39.5. The smallest absolute Gasteiger partial charge is 0.366 e. The van der Waals surface area contributed by atoms with Crippen molar-refractivity contribution in [3.8, 4) is 11.8 Å². The van der Waals surface area contributed by atoms with Gasteiger partial charge in [0.05, 0.1) is 0 Å². The minimum absolute atomic E-state index is 0. The second-order valence-electron chi connectivity index (χ2n) is 17.2. The molecule has 0 heterocycles. The van der Waals surface area contributed by atoms with Crippen molar-refractivity contribution in [3.05, 3.63) is 277 Å². The molecule has 0 amide bonds. The van der Waals surface area contributed by atoms with Crippen LogP contribution in [0.25, 0.3) is 43.1 Å². The molecule has 0 spiro atoms. The molecule has 0 fully saturated rings. The Balaban J connectivity index is 0.000000175. The van der Waals surface area contributed by atoms with Crippen molar-refractivity contribution in [3.63, 3.8) is 0 Å². The van der Waals surface area contributed by atoms with E-state index in [9.17, 15) is 0 Å². The van der Waals surface area contributed by atoms with Crippen LogP contribution >= 0.6 is 15.8 Å². The van der Waals surface area contributed by atoms with Crippen molar-refractivity contribution in [1.82, 2.24) is 0 Å². The Morgan fingerprint density at radius 3 is 0.700 bits per heavy atom. The van der Waals surface area contributed by atoms with E-state index in [0.29, 0.717) is 0 Å². The predicted molar refractivity (Wildman–Crippen MR) is 301 cm³/mol. The third-order valence-electron chi connectivity index (χ3n) is 12.9. The molecule has 0 N–H and O–H groups in total. The molecule has 0 aliphatic rings. The number of hydrogen-bond donors (Lipinski definition) is 0. The SMILES string of the molecule is Cc1ccccc1[PH+](c1ccccc1C)c1ccccc1[PH+](c1ccccc1C)c1ccccc1C.[Au+].[Au+].[C-]#Cc1c2ccccc2cc2ccccc12.[C-]#Cc1c2ccccc2cc2ccccc12. The van der Waals surface area contributed by atoms with Crippen molar-refractivity contribution in [2.24, 2.45) is 0 Å². The Morgan fingerprint density at radius 1 is 0.271 bits per heavy atom. The van der Waals surface area contributed by atoms with Gasteiger partial charge in [0.15, 0.2) is 0 Å². The maximum absolute atomic E-state index is 7.46. The third kappa shape index (κ3) is 10.9. The molecular weight excluding hydrogens is 1250 g/mol. The molecule has 0 aliphatic heterocycles. The Labute approximate surface area is 448 Å². The monoisotopic (exact) mass is 1300 g/mol. The maximum Gasteiger partial charge on any atom is 1.00 e. The molecule has 0 bridgehead atoms. The van der Waals surface area contributed by atoms with Crippen LogP contribution in [-0.2, 0) is 44.8 Å². The van der Waals surface area contributed by atoms with E-state index in [1.54, 1.807) is 0 Å². The van der Waals surface area contributed by atoms with Gasteiger partial charge < -0.3 is 12.8 Å². The van der Waals surface area contributed by atoms with E-state index in [0.717, 1.165) is 54.2 Å². The van der Waals surface area contributed by atoms with Gasteiger partial charge in [0.1, 0.15) is 47.7 Å². The molecule has 0 aliphatic carbocycles. The fourth-order valence-electron chi connectivity index (χ4n) is 9.50. The minimum Gasteiger partial charge on any atom is -0.366 e. The van der Waals surface area contributed by atoms with E-state index in [1.807, 2.05) is 72.8 Å². The average Bonchev–Trinajstić information content (AvgIpc) is 3.38. The summed E-state index contributed by atoms with van der Waals surface area (Å²) in [6.45, 7) is 9.09. The summed E-state index contributed by atoms with van der Waals surface area (Å²) in [6.07, 6.45) is 14.9. The average molecular weight is 1300 g/mol. The summed E-state index contributed by atoms with van der Waals surface area (Å²) in [5, 5.41) is 18.0. The number of aryl methyl sites for hydroxylation is 4. The van der Waals surface area contributed by atoms with Crippen molar-refractivity contribution in [1.29, 1.82) is 0 Å². The molecule has 346 valence electrons. The summed E-state index contributed by atoms with van der Waals surface area (Å²) in [5.74, 6) is 5.13. The molecular formula is C66H52Au2P2+2. The van der Waals surface area contributed by atoms with E-state index in [2.05, 4.69) is 197 Å². The summed E-state index contributed by atoms with van der Waals surface area (Å²) in [6, 6.07) is 82.2. The molecule has 0 radical (unpaired) electrons. The van der Waals surface area contributed by atoms with Crippen LogP contribution in [0.1, 0.15) is 33.4 Å². The van der Waals surface area contributed by atoms with Crippen molar-refractivity contribution >= 4 is 90.8 Å². The van der Waals surface area contributed by atoms with E-state index < -0.39 is 15.8 Å². The number of rotatable bonds is 6.